The van der Waals surface area contributed by atoms with Crippen molar-refractivity contribution in [2.75, 3.05) is 13.2 Å². The van der Waals surface area contributed by atoms with Crippen LogP contribution in [0.25, 0.3) is 0 Å². The van der Waals surface area contributed by atoms with E-state index in [1.807, 2.05) is 30.3 Å². The van der Waals surface area contributed by atoms with Gasteiger partial charge in [-0.1, -0.05) is 36.3 Å². The van der Waals surface area contributed by atoms with Gasteiger partial charge in [0.1, 0.15) is 6.61 Å². The van der Waals surface area contributed by atoms with Crippen LogP contribution >= 0.6 is 0 Å². The van der Waals surface area contributed by atoms with E-state index in [4.69, 9.17) is 16.9 Å². The molecule has 0 aromatic heterocycles. The molecule has 2 nitrogen and oxygen atoms in total. The zero-order valence-corrected chi connectivity index (χ0v) is 7.44. The molecule has 1 unspecified atom stereocenters. The van der Waals surface area contributed by atoms with E-state index in [1.165, 1.54) is 0 Å². The van der Waals surface area contributed by atoms with Gasteiger partial charge in [0.15, 0.2) is 0 Å². The summed E-state index contributed by atoms with van der Waals surface area (Å²) >= 11 is 0. The molecule has 0 heterocycles. The summed E-state index contributed by atoms with van der Waals surface area (Å²) in [7, 11) is 0. The smallest absolute Gasteiger partial charge is 0.107 e. The van der Waals surface area contributed by atoms with Crippen LogP contribution in [0.3, 0.4) is 0 Å². The number of terminal acetylenes is 1. The molecule has 0 aliphatic carbocycles. The fraction of sp³-hybridized carbons (Fsp3) is 0.273. The van der Waals surface area contributed by atoms with Gasteiger partial charge in [0, 0.05) is 0 Å². The largest absolute Gasteiger partial charge is 0.367 e. The summed E-state index contributed by atoms with van der Waals surface area (Å²) in [4.78, 5) is 0. The van der Waals surface area contributed by atoms with Crippen molar-refractivity contribution in [3.05, 3.63) is 35.9 Å². The molecule has 0 saturated heterocycles. The van der Waals surface area contributed by atoms with E-state index in [9.17, 15) is 0 Å². The summed E-state index contributed by atoms with van der Waals surface area (Å²) in [5.41, 5.74) is 6.91. The lowest BCUT2D eigenvalue weighted by molar-refractivity contribution is 0.152. The SMILES string of the molecule is C#CCOCC(N)c1ccccc1. The Morgan fingerprint density at radius 2 is 2.08 bits per heavy atom. The van der Waals surface area contributed by atoms with Gasteiger partial charge in [-0.05, 0) is 5.56 Å². The second-order valence-electron chi connectivity index (χ2n) is 2.74. The second-order valence-corrected chi connectivity index (χ2v) is 2.74. The molecule has 68 valence electrons. The Bertz CT molecular complexity index is 276. The first-order chi connectivity index (χ1) is 6.34. The minimum Gasteiger partial charge on any atom is -0.367 e. The molecule has 1 aromatic carbocycles. The molecule has 0 radical (unpaired) electrons. The van der Waals surface area contributed by atoms with E-state index < -0.39 is 0 Å². The van der Waals surface area contributed by atoms with E-state index in [0.717, 1.165) is 5.56 Å². The number of hydrogen-bond donors (Lipinski definition) is 1. The van der Waals surface area contributed by atoms with Gasteiger partial charge in [0.05, 0.1) is 12.6 Å². The zero-order chi connectivity index (χ0) is 9.52. The van der Waals surface area contributed by atoms with Crippen LogP contribution in [0.4, 0.5) is 0 Å². The standard InChI is InChI=1S/C11H13NO/c1-2-8-13-9-11(12)10-6-4-3-5-7-10/h1,3-7,11H,8-9,12H2. The van der Waals surface area contributed by atoms with E-state index in [0.29, 0.717) is 13.2 Å². The van der Waals surface area contributed by atoms with E-state index in [2.05, 4.69) is 5.92 Å². The number of hydrogen-bond acceptors (Lipinski definition) is 2. The van der Waals surface area contributed by atoms with Crippen LogP contribution < -0.4 is 5.73 Å². The second kappa shape index (κ2) is 5.36. The zero-order valence-electron chi connectivity index (χ0n) is 7.44. The normalized spacial score (nSPS) is 12.0. The van der Waals surface area contributed by atoms with Gasteiger partial charge in [-0.15, -0.1) is 6.42 Å². The third-order valence-corrected chi connectivity index (χ3v) is 1.71. The van der Waals surface area contributed by atoms with Gasteiger partial charge >= 0.3 is 0 Å². The molecule has 0 saturated carbocycles. The Kier molecular flexibility index (Phi) is 4.04. The summed E-state index contributed by atoms with van der Waals surface area (Å²) in [6, 6.07) is 9.73. The lowest BCUT2D eigenvalue weighted by Crippen LogP contribution is -2.17. The van der Waals surface area contributed by atoms with Crippen LogP contribution in [-0.4, -0.2) is 13.2 Å². The fourth-order valence-electron chi connectivity index (χ4n) is 1.04. The highest BCUT2D eigenvalue weighted by Gasteiger charge is 2.03. The highest BCUT2D eigenvalue weighted by molar-refractivity contribution is 5.18. The quantitative estimate of drug-likeness (QED) is 0.553. The monoisotopic (exact) mass is 175 g/mol. The fourth-order valence-corrected chi connectivity index (χ4v) is 1.04. The average Bonchev–Trinajstić information content (AvgIpc) is 2.19. The van der Waals surface area contributed by atoms with Crippen LogP contribution in [0.15, 0.2) is 30.3 Å². The van der Waals surface area contributed by atoms with Gasteiger partial charge in [-0.2, -0.15) is 0 Å². The maximum Gasteiger partial charge on any atom is 0.107 e. The van der Waals surface area contributed by atoms with Gasteiger partial charge in [0.2, 0.25) is 0 Å². The Labute approximate surface area is 78.7 Å². The summed E-state index contributed by atoms with van der Waals surface area (Å²) in [6.07, 6.45) is 5.04. The lowest BCUT2D eigenvalue weighted by atomic mass is 10.1. The third-order valence-electron chi connectivity index (χ3n) is 1.71. The molecular weight excluding hydrogens is 162 g/mol. The van der Waals surface area contributed by atoms with Crippen LogP contribution in [0.5, 0.6) is 0 Å². The van der Waals surface area contributed by atoms with Crippen molar-refractivity contribution in [3.8, 4) is 12.3 Å². The minimum absolute atomic E-state index is 0.0884. The summed E-state index contributed by atoms with van der Waals surface area (Å²) in [5, 5.41) is 0. The average molecular weight is 175 g/mol. The number of benzene rings is 1. The molecule has 1 aromatic rings. The molecular formula is C11H13NO. The Balaban J connectivity index is 2.41. The maximum atomic E-state index is 5.84. The van der Waals surface area contributed by atoms with E-state index >= 15 is 0 Å². The van der Waals surface area contributed by atoms with Crippen molar-refractivity contribution >= 4 is 0 Å². The molecule has 2 heteroatoms. The molecule has 0 spiro atoms. The third kappa shape index (κ3) is 3.29. The Morgan fingerprint density at radius 3 is 2.69 bits per heavy atom. The van der Waals surface area contributed by atoms with E-state index in [-0.39, 0.29) is 6.04 Å². The van der Waals surface area contributed by atoms with Crippen LogP contribution in [0.2, 0.25) is 0 Å². The van der Waals surface area contributed by atoms with Gasteiger partial charge < -0.3 is 10.5 Å². The molecule has 1 rings (SSSR count). The predicted molar refractivity (Wildman–Crippen MR) is 53.0 cm³/mol. The van der Waals surface area contributed by atoms with Crippen LogP contribution in [0, 0.1) is 12.3 Å². The summed E-state index contributed by atoms with van der Waals surface area (Å²) in [6.45, 7) is 0.786. The van der Waals surface area contributed by atoms with Crippen LogP contribution in [0.1, 0.15) is 11.6 Å². The van der Waals surface area contributed by atoms with Crippen molar-refractivity contribution in [2.45, 2.75) is 6.04 Å². The molecule has 0 aliphatic heterocycles. The topological polar surface area (TPSA) is 35.2 Å². The lowest BCUT2D eigenvalue weighted by Gasteiger charge is -2.10. The highest BCUT2D eigenvalue weighted by Crippen LogP contribution is 2.08. The van der Waals surface area contributed by atoms with Crippen molar-refractivity contribution < 1.29 is 4.74 Å². The number of rotatable bonds is 4. The van der Waals surface area contributed by atoms with Crippen molar-refractivity contribution in [1.29, 1.82) is 0 Å². The Morgan fingerprint density at radius 1 is 1.38 bits per heavy atom. The number of nitrogens with two attached hydrogens (primary N) is 1. The Hall–Kier alpha value is -1.30. The molecule has 0 amide bonds. The van der Waals surface area contributed by atoms with Gasteiger partial charge in [-0.25, -0.2) is 0 Å². The van der Waals surface area contributed by atoms with Gasteiger partial charge in [0.25, 0.3) is 0 Å². The first-order valence-corrected chi connectivity index (χ1v) is 4.16. The summed E-state index contributed by atoms with van der Waals surface area (Å²) in [5.74, 6) is 2.40. The molecule has 2 N–H and O–H groups in total. The number of ether oxygens (including phenoxy) is 1. The molecule has 13 heavy (non-hydrogen) atoms. The first kappa shape index (κ1) is 9.79. The summed E-state index contributed by atoms with van der Waals surface area (Å²) < 4.78 is 5.14. The van der Waals surface area contributed by atoms with Gasteiger partial charge in [-0.3, -0.25) is 0 Å². The molecule has 0 fully saturated rings. The first-order valence-electron chi connectivity index (χ1n) is 4.16. The van der Waals surface area contributed by atoms with Crippen LogP contribution in [-0.2, 0) is 4.74 Å². The molecule has 1 atom stereocenters. The van der Waals surface area contributed by atoms with E-state index in [1.54, 1.807) is 0 Å². The predicted octanol–water partition coefficient (Wildman–Crippen LogP) is 1.34. The van der Waals surface area contributed by atoms with Crippen molar-refractivity contribution in [1.82, 2.24) is 0 Å². The van der Waals surface area contributed by atoms with Crippen molar-refractivity contribution in [3.63, 3.8) is 0 Å². The maximum absolute atomic E-state index is 5.84. The molecule has 0 bridgehead atoms. The highest BCUT2D eigenvalue weighted by atomic mass is 16.5. The minimum atomic E-state index is -0.0884. The molecule has 0 aliphatic rings. The van der Waals surface area contributed by atoms with Crippen molar-refractivity contribution in [2.24, 2.45) is 5.73 Å².